The molecule has 0 aliphatic carbocycles. The molecule has 3 heteroatoms. The number of hydrogen-bond acceptors (Lipinski definition) is 2. The Balaban J connectivity index is 1.76. The average molecular weight is 402 g/mol. The molecule has 0 unspecified atom stereocenters. The Morgan fingerprint density at radius 1 is 0.710 bits per heavy atom. The lowest BCUT2D eigenvalue weighted by molar-refractivity contribution is -0.659. The molecule has 7 rings (SSSR count). The van der Waals surface area contributed by atoms with Crippen molar-refractivity contribution in [2.45, 2.75) is 13.8 Å². The molecule has 0 radical (unpaired) electrons. The van der Waals surface area contributed by atoms with Gasteiger partial charge in [-0.15, -0.1) is 0 Å². The third kappa shape index (κ3) is 2.01. The number of pyridine rings is 1. The molecule has 3 heterocycles. The zero-order valence-corrected chi connectivity index (χ0v) is 17.6. The van der Waals surface area contributed by atoms with Crippen LogP contribution in [0.3, 0.4) is 0 Å². The number of aryl methyl sites for hydroxylation is 3. The van der Waals surface area contributed by atoms with E-state index in [-0.39, 0.29) is 0 Å². The molecule has 2 aromatic heterocycles. The molecule has 0 saturated carbocycles. The molecule has 0 atom stereocenters. The summed E-state index contributed by atoms with van der Waals surface area (Å²) in [7, 11) is 2.12. The van der Waals surface area contributed by atoms with Gasteiger partial charge in [0, 0.05) is 22.4 Å². The van der Waals surface area contributed by atoms with E-state index in [1.165, 1.54) is 33.2 Å². The molecular weight excluding hydrogens is 382 g/mol. The van der Waals surface area contributed by atoms with E-state index in [4.69, 9.17) is 9.15 Å². The van der Waals surface area contributed by atoms with Gasteiger partial charge >= 0.3 is 0 Å². The zero-order chi connectivity index (χ0) is 20.9. The van der Waals surface area contributed by atoms with Crippen molar-refractivity contribution in [1.29, 1.82) is 0 Å². The first kappa shape index (κ1) is 16.9. The van der Waals surface area contributed by atoms with Crippen LogP contribution < -0.4 is 9.30 Å². The highest BCUT2D eigenvalue weighted by molar-refractivity contribution is 6.19. The van der Waals surface area contributed by atoms with Crippen molar-refractivity contribution in [3.05, 3.63) is 78.0 Å². The number of ether oxygens (including phenoxy) is 1. The van der Waals surface area contributed by atoms with Crippen LogP contribution in [0, 0.1) is 13.8 Å². The maximum absolute atomic E-state index is 6.83. The van der Waals surface area contributed by atoms with Crippen LogP contribution in [0.5, 0.6) is 11.5 Å². The second kappa shape index (κ2) is 5.64. The van der Waals surface area contributed by atoms with E-state index in [2.05, 4.69) is 80.2 Å². The van der Waals surface area contributed by atoms with Crippen LogP contribution in [0.2, 0.25) is 0 Å². The number of aromatic nitrogens is 1. The average Bonchev–Trinajstić information content (AvgIpc) is 3.17. The number of hydrogen-bond donors (Lipinski definition) is 0. The number of furan rings is 1. The van der Waals surface area contributed by atoms with Crippen LogP contribution in [0.1, 0.15) is 11.1 Å². The van der Waals surface area contributed by atoms with Gasteiger partial charge in [0.15, 0.2) is 11.9 Å². The first-order valence-electron chi connectivity index (χ1n) is 10.6. The molecule has 0 bridgehead atoms. The molecule has 1 aliphatic heterocycles. The molecule has 6 aromatic rings. The van der Waals surface area contributed by atoms with Crippen molar-refractivity contribution in [3.63, 3.8) is 0 Å². The lowest BCUT2D eigenvalue weighted by Gasteiger charge is -2.24. The maximum atomic E-state index is 6.83. The summed E-state index contributed by atoms with van der Waals surface area (Å²) in [5.74, 6) is 1.85. The molecule has 148 valence electrons. The Hall–Kier alpha value is -3.85. The normalized spacial score (nSPS) is 12.6. The third-order valence-corrected chi connectivity index (χ3v) is 6.84. The number of rotatable bonds is 0. The fourth-order valence-electron chi connectivity index (χ4n) is 5.36. The first-order chi connectivity index (χ1) is 15.1. The predicted octanol–water partition coefficient (Wildman–Crippen LogP) is 7.11. The van der Waals surface area contributed by atoms with Crippen LogP contribution in [-0.4, -0.2) is 0 Å². The maximum Gasteiger partial charge on any atom is 0.228 e. The van der Waals surface area contributed by atoms with Crippen molar-refractivity contribution < 1.29 is 13.7 Å². The molecule has 0 fully saturated rings. The van der Waals surface area contributed by atoms with Crippen molar-refractivity contribution in [2.24, 2.45) is 7.05 Å². The number of nitrogens with zero attached hydrogens (tertiary/aromatic N) is 1. The summed E-state index contributed by atoms with van der Waals surface area (Å²) >= 11 is 0. The van der Waals surface area contributed by atoms with E-state index in [0.29, 0.717) is 0 Å². The lowest BCUT2D eigenvalue weighted by atomic mass is 9.88. The van der Waals surface area contributed by atoms with Gasteiger partial charge in [-0.2, -0.15) is 0 Å². The Labute approximate surface area is 179 Å². The number of fused-ring (bicyclic) bond motifs is 7. The SMILES string of the molecule is Cc1c2c(c(C)c3ccccc13)-c1c3c(c4c(cc3cc[n+]1C)oc1ccccc14)O2. The highest BCUT2D eigenvalue weighted by Crippen LogP contribution is 2.53. The van der Waals surface area contributed by atoms with Crippen molar-refractivity contribution in [1.82, 2.24) is 0 Å². The minimum Gasteiger partial charge on any atom is -0.456 e. The minimum atomic E-state index is 0.863. The molecular formula is C28H20NO2+. The summed E-state index contributed by atoms with van der Waals surface area (Å²) in [4.78, 5) is 0. The topological polar surface area (TPSA) is 26.2 Å². The van der Waals surface area contributed by atoms with Gasteiger partial charge in [0.25, 0.3) is 0 Å². The van der Waals surface area contributed by atoms with Gasteiger partial charge in [-0.3, -0.25) is 0 Å². The van der Waals surface area contributed by atoms with Crippen molar-refractivity contribution in [2.75, 3.05) is 0 Å². The highest BCUT2D eigenvalue weighted by Gasteiger charge is 2.33. The summed E-state index contributed by atoms with van der Waals surface area (Å²) in [6.45, 7) is 4.37. The Morgan fingerprint density at radius 3 is 2.23 bits per heavy atom. The smallest absolute Gasteiger partial charge is 0.228 e. The van der Waals surface area contributed by atoms with E-state index >= 15 is 0 Å². The number of benzene rings is 4. The van der Waals surface area contributed by atoms with Crippen LogP contribution in [-0.2, 0) is 7.05 Å². The first-order valence-corrected chi connectivity index (χ1v) is 10.6. The van der Waals surface area contributed by atoms with E-state index in [9.17, 15) is 0 Å². The van der Waals surface area contributed by atoms with E-state index in [1.807, 2.05) is 12.1 Å². The minimum absolute atomic E-state index is 0.863. The van der Waals surface area contributed by atoms with E-state index in [0.717, 1.165) is 44.2 Å². The summed E-state index contributed by atoms with van der Waals surface area (Å²) in [6, 6.07) is 21.1. The Morgan fingerprint density at radius 2 is 1.42 bits per heavy atom. The van der Waals surface area contributed by atoms with Gasteiger partial charge in [0.1, 0.15) is 24.0 Å². The molecule has 0 amide bonds. The second-order valence-corrected chi connectivity index (χ2v) is 8.52. The monoisotopic (exact) mass is 402 g/mol. The van der Waals surface area contributed by atoms with Crippen LogP contribution in [0.15, 0.2) is 71.3 Å². The Bertz CT molecular complexity index is 1740. The molecule has 0 N–H and O–H groups in total. The van der Waals surface area contributed by atoms with Crippen molar-refractivity contribution >= 4 is 43.5 Å². The summed E-state index contributed by atoms with van der Waals surface area (Å²) in [5, 5.41) is 6.93. The third-order valence-electron chi connectivity index (χ3n) is 6.84. The van der Waals surface area contributed by atoms with Crippen LogP contribution in [0.25, 0.3) is 54.7 Å². The summed E-state index contributed by atoms with van der Waals surface area (Å²) in [5.41, 5.74) is 6.56. The zero-order valence-electron chi connectivity index (χ0n) is 17.6. The van der Waals surface area contributed by atoms with E-state index in [1.54, 1.807) is 0 Å². The molecule has 31 heavy (non-hydrogen) atoms. The van der Waals surface area contributed by atoms with Gasteiger partial charge in [-0.05, 0) is 42.3 Å². The molecule has 4 aromatic carbocycles. The molecule has 0 spiro atoms. The van der Waals surface area contributed by atoms with E-state index < -0.39 is 0 Å². The van der Waals surface area contributed by atoms with Crippen molar-refractivity contribution in [3.8, 4) is 22.8 Å². The summed E-state index contributed by atoms with van der Waals surface area (Å²) in [6.07, 6.45) is 2.13. The van der Waals surface area contributed by atoms with Gasteiger partial charge in [0.05, 0.1) is 16.3 Å². The van der Waals surface area contributed by atoms with Gasteiger partial charge < -0.3 is 9.15 Å². The van der Waals surface area contributed by atoms with Crippen LogP contribution >= 0.6 is 0 Å². The molecule has 0 saturated heterocycles. The van der Waals surface area contributed by atoms with Gasteiger partial charge in [0.2, 0.25) is 5.69 Å². The summed E-state index contributed by atoms with van der Waals surface area (Å²) < 4.78 is 15.3. The highest BCUT2D eigenvalue weighted by atomic mass is 16.5. The fraction of sp³-hybridized carbons (Fsp3) is 0.107. The van der Waals surface area contributed by atoms with Gasteiger partial charge in [-0.1, -0.05) is 42.5 Å². The second-order valence-electron chi connectivity index (χ2n) is 8.52. The Kier molecular flexibility index (Phi) is 3.07. The lowest BCUT2D eigenvalue weighted by Crippen LogP contribution is -2.32. The standard InChI is InChI=1S/C28H20NO2/c1-15-18-8-4-5-9-19(18)16(2)27-23(15)26-24-17(12-13-29(26)3)14-22-25(28(24)31-27)20-10-6-7-11-21(20)30-22/h4-14H,1-3H3/q+1. The van der Waals surface area contributed by atoms with Crippen LogP contribution in [0.4, 0.5) is 0 Å². The fourth-order valence-corrected chi connectivity index (χ4v) is 5.36. The molecule has 3 nitrogen and oxygen atoms in total. The predicted molar refractivity (Wildman–Crippen MR) is 125 cm³/mol. The number of para-hydroxylation sites is 1. The quantitative estimate of drug-likeness (QED) is 0.253. The molecule has 1 aliphatic rings. The van der Waals surface area contributed by atoms with Gasteiger partial charge in [-0.25, -0.2) is 4.57 Å². The largest absolute Gasteiger partial charge is 0.456 e.